The minimum Gasteiger partial charge on any atom is -0.462 e. The fourth-order valence-electron chi connectivity index (χ4n) is 1.46. The van der Waals surface area contributed by atoms with E-state index in [0.29, 0.717) is 18.6 Å². The highest BCUT2D eigenvalue weighted by Crippen LogP contribution is 2.15. The summed E-state index contributed by atoms with van der Waals surface area (Å²) < 4.78 is 5.07. The summed E-state index contributed by atoms with van der Waals surface area (Å²) in [6.07, 6.45) is 2.39. The highest BCUT2D eigenvalue weighted by molar-refractivity contribution is 7.98. The van der Waals surface area contributed by atoms with Gasteiger partial charge in [-0.25, -0.2) is 4.79 Å². The topological polar surface area (TPSA) is 50.1 Å². The maximum Gasteiger partial charge on any atom is 0.338 e. The van der Waals surface area contributed by atoms with E-state index in [2.05, 4.69) is 6.07 Å². The van der Waals surface area contributed by atoms with Gasteiger partial charge in [-0.15, -0.1) is 0 Å². The SMILES string of the molecule is CCCOC(=O)c1ccc(CSCCCC#N)cc1. The zero-order valence-electron chi connectivity index (χ0n) is 11.2. The van der Waals surface area contributed by atoms with E-state index < -0.39 is 0 Å². The summed E-state index contributed by atoms with van der Waals surface area (Å²) in [6.45, 7) is 2.44. The molecule has 1 aromatic rings. The van der Waals surface area contributed by atoms with Crippen molar-refractivity contribution in [2.45, 2.75) is 31.9 Å². The molecule has 102 valence electrons. The van der Waals surface area contributed by atoms with Crippen molar-refractivity contribution in [1.29, 1.82) is 5.26 Å². The van der Waals surface area contributed by atoms with Gasteiger partial charge >= 0.3 is 5.97 Å². The normalized spacial score (nSPS) is 9.89. The minimum atomic E-state index is -0.255. The number of nitriles is 1. The van der Waals surface area contributed by atoms with Gasteiger partial charge in [0.1, 0.15) is 0 Å². The number of carbonyl (C=O) groups is 1. The first-order valence-corrected chi connectivity index (χ1v) is 7.64. The van der Waals surface area contributed by atoms with Crippen molar-refractivity contribution in [2.24, 2.45) is 0 Å². The smallest absolute Gasteiger partial charge is 0.338 e. The second-order valence-corrected chi connectivity index (χ2v) is 5.25. The number of thioether (sulfide) groups is 1. The first kappa shape index (κ1) is 15.6. The van der Waals surface area contributed by atoms with Crippen LogP contribution in [0.5, 0.6) is 0 Å². The Labute approximate surface area is 119 Å². The molecule has 0 saturated heterocycles. The van der Waals surface area contributed by atoms with Crippen LogP contribution in [0.15, 0.2) is 24.3 Å². The molecule has 0 aliphatic carbocycles. The number of nitrogens with zero attached hydrogens (tertiary/aromatic N) is 1. The summed E-state index contributed by atoms with van der Waals surface area (Å²) in [7, 11) is 0. The van der Waals surface area contributed by atoms with Crippen LogP contribution in [-0.4, -0.2) is 18.3 Å². The lowest BCUT2D eigenvalue weighted by molar-refractivity contribution is 0.0505. The standard InChI is InChI=1S/C15H19NO2S/c1-2-10-18-15(17)14-7-5-13(6-8-14)12-19-11-4-3-9-16/h5-8H,2-4,10-12H2,1H3. The number of unbranched alkanes of at least 4 members (excludes halogenated alkanes) is 1. The average Bonchev–Trinajstić information content (AvgIpc) is 2.45. The number of benzene rings is 1. The van der Waals surface area contributed by atoms with Crippen LogP contribution in [0.2, 0.25) is 0 Å². The first-order valence-electron chi connectivity index (χ1n) is 6.48. The molecule has 0 bridgehead atoms. The lowest BCUT2D eigenvalue weighted by atomic mass is 10.1. The van der Waals surface area contributed by atoms with Crippen molar-refractivity contribution in [3.63, 3.8) is 0 Å². The highest BCUT2D eigenvalue weighted by atomic mass is 32.2. The van der Waals surface area contributed by atoms with Crippen molar-refractivity contribution < 1.29 is 9.53 Å². The van der Waals surface area contributed by atoms with Gasteiger partial charge in [0.2, 0.25) is 0 Å². The zero-order valence-corrected chi connectivity index (χ0v) is 12.0. The minimum absolute atomic E-state index is 0.255. The van der Waals surface area contributed by atoms with E-state index in [-0.39, 0.29) is 5.97 Å². The maximum atomic E-state index is 11.6. The summed E-state index contributed by atoms with van der Waals surface area (Å²) in [4.78, 5) is 11.6. The van der Waals surface area contributed by atoms with Crippen molar-refractivity contribution >= 4 is 17.7 Å². The monoisotopic (exact) mass is 277 g/mol. The highest BCUT2D eigenvalue weighted by Gasteiger charge is 2.05. The van der Waals surface area contributed by atoms with E-state index in [4.69, 9.17) is 10.00 Å². The van der Waals surface area contributed by atoms with E-state index in [1.54, 1.807) is 0 Å². The van der Waals surface area contributed by atoms with Crippen LogP contribution in [0.25, 0.3) is 0 Å². The molecule has 0 heterocycles. The van der Waals surface area contributed by atoms with Gasteiger partial charge in [0.25, 0.3) is 0 Å². The van der Waals surface area contributed by atoms with Gasteiger partial charge in [0.05, 0.1) is 18.2 Å². The molecule has 0 aliphatic rings. The van der Waals surface area contributed by atoms with Gasteiger partial charge in [-0.05, 0) is 36.3 Å². The quantitative estimate of drug-likeness (QED) is 0.536. The third-order valence-corrected chi connectivity index (χ3v) is 3.59. The molecule has 0 unspecified atom stereocenters. The summed E-state index contributed by atoms with van der Waals surface area (Å²) in [6, 6.07) is 9.67. The fraction of sp³-hybridized carbons (Fsp3) is 0.467. The van der Waals surface area contributed by atoms with Crippen LogP contribution in [0.4, 0.5) is 0 Å². The molecule has 3 nitrogen and oxygen atoms in total. The van der Waals surface area contributed by atoms with Gasteiger partial charge in [-0.3, -0.25) is 0 Å². The molecular formula is C15H19NO2S. The van der Waals surface area contributed by atoms with Crippen LogP contribution in [0.1, 0.15) is 42.1 Å². The predicted molar refractivity (Wildman–Crippen MR) is 78.0 cm³/mol. The first-order chi connectivity index (χ1) is 9.27. The Bertz CT molecular complexity index is 423. The third-order valence-electron chi connectivity index (χ3n) is 2.47. The van der Waals surface area contributed by atoms with Crippen LogP contribution >= 0.6 is 11.8 Å². The van der Waals surface area contributed by atoms with Gasteiger partial charge in [0.15, 0.2) is 0 Å². The third kappa shape index (κ3) is 6.30. The lowest BCUT2D eigenvalue weighted by Crippen LogP contribution is -2.05. The molecule has 0 saturated carbocycles. The molecule has 1 rings (SSSR count). The predicted octanol–water partition coefficient (Wildman–Crippen LogP) is 3.79. The molecule has 19 heavy (non-hydrogen) atoms. The van der Waals surface area contributed by atoms with Crippen LogP contribution in [0.3, 0.4) is 0 Å². The number of esters is 1. The Morgan fingerprint density at radius 1 is 1.37 bits per heavy atom. The van der Waals surface area contributed by atoms with Crippen molar-refractivity contribution in [3.05, 3.63) is 35.4 Å². The Balaban J connectivity index is 2.35. The van der Waals surface area contributed by atoms with Crippen LogP contribution in [-0.2, 0) is 10.5 Å². The van der Waals surface area contributed by atoms with E-state index in [0.717, 1.165) is 24.3 Å². The zero-order chi connectivity index (χ0) is 13.9. The molecule has 0 spiro atoms. The van der Waals surface area contributed by atoms with Crippen molar-refractivity contribution in [1.82, 2.24) is 0 Å². The lowest BCUT2D eigenvalue weighted by Gasteiger charge is -2.04. The second kappa shape index (κ2) is 9.46. The number of carbonyl (C=O) groups excluding carboxylic acids is 1. The summed E-state index contributed by atoms with van der Waals surface area (Å²) in [5.41, 5.74) is 1.79. The number of rotatable bonds is 8. The van der Waals surface area contributed by atoms with Gasteiger partial charge in [-0.1, -0.05) is 19.1 Å². The Morgan fingerprint density at radius 3 is 2.74 bits per heavy atom. The Hall–Kier alpha value is -1.47. The second-order valence-electron chi connectivity index (χ2n) is 4.15. The summed E-state index contributed by atoms with van der Waals surface area (Å²) in [5, 5.41) is 8.42. The van der Waals surface area contributed by atoms with Gasteiger partial charge in [-0.2, -0.15) is 17.0 Å². The average molecular weight is 277 g/mol. The molecule has 0 amide bonds. The van der Waals surface area contributed by atoms with Crippen LogP contribution < -0.4 is 0 Å². The van der Waals surface area contributed by atoms with E-state index in [9.17, 15) is 4.79 Å². The van der Waals surface area contributed by atoms with Gasteiger partial charge in [0, 0.05) is 12.2 Å². The number of hydrogen-bond acceptors (Lipinski definition) is 4. The molecule has 0 N–H and O–H groups in total. The maximum absolute atomic E-state index is 11.6. The molecule has 0 atom stereocenters. The largest absolute Gasteiger partial charge is 0.462 e. The molecule has 0 aliphatic heterocycles. The van der Waals surface area contributed by atoms with E-state index in [1.165, 1.54) is 5.56 Å². The molecular weight excluding hydrogens is 258 g/mol. The fourth-order valence-corrected chi connectivity index (χ4v) is 2.38. The Kier molecular flexibility index (Phi) is 7.76. The van der Waals surface area contributed by atoms with E-state index in [1.807, 2.05) is 43.0 Å². The van der Waals surface area contributed by atoms with Crippen molar-refractivity contribution in [3.8, 4) is 6.07 Å². The van der Waals surface area contributed by atoms with Gasteiger partial charge < -0.3 is 4.74 Å². The number of hydrogen-bond donors (Lipinski definition) is 0. The Morgan fingerprint density at radius 2 is 2.11 bits per heavy atom. The molecule has 0 radical (unpaired) electrons. The van der Waals surface area contributed by atoms with E-state index >= 15 is 0 Å². The summed E-state index contributed by atoms with van der Waals surface area (Å²) in [5.74, 6) is 1.65. The molecule has 1 aromatic carbocycles. The summed E-state index contributed by atoms with van der Waals surface area (Å²) >= 11 is 1.81. The van der Waals surface area contributed by atoms with Crippen LogP contribution in [0, 0.1) is 11.3 Å². The number of ether oxygens (including phenoxy) is 1. The molecule has 0 fully saturated rings. The molecule has 4 heteroatoms. The van der Waals surface area contributed by atoms with Crippen molar-refractivity contribution in [2.75, 3.05) is 12.4 Å². The molecule has 0 aromatic heterocycles.